The van der Waals surface area contributed by atoms with Crippen LogP contribution in [-0.2, 0) is 0 Å². The van der Waals surface area contributed by atoms with Gasteiger partial charge in [-0.2, -0.15) is 0 Å². The molecule has 0 unspecified atom stereocenters. The smallest absolute Gasteiger partial charge is 0.259 e. The minimum Gasteiger partial charge on any atom is -0.383 e. The Bertz CT molecular complexity index is 1080. The zero-order valence-electron chi connectivity index (χ0n) is 16.5. The summed E-state index contributed by atoms with van der Waals surface area (Å²) in [6.45, 7) is 5.63. The number of thioether (sulfide) groups is 1. The second-order valence-electron chi connectivity index (χ2n) is 6.52. The van der Waals surface area contributed by atoms with Gasteiger partial charge in [0.15, 0.2) is 0 Å². The van der Waals surface area contributed by atoms with Crippen LogP contribution in [0.3, 0.4) is 0 Å². The third kappa shape index (κ3) is 5.27. The first-order chi connectivity index (χ1) is 14.5. The van der Waals surface area contributed by atoms with Crippen LogP contribution < -0.4 is 16.4 Å². The van der Waals surface area contributed by atoms with E-state index in [1.54, 1.807) is 24.3 Å². The van der Waals surface area contributed by atoms with Crippen molar-refractivity contribution in [1.82, 2.24) is 4.98 Å². The highest BCUT2D eigenvalue weighted by atomic mass is 32.2. The number of pyridine rings is 1. The molecule has 3 rings (SSSR count). The fourth-order valence-electron chi connectivity index (χ4n) is 2.74. The molecule has 30 heavy (non-hydrogen) atoms. The molecular weight excluding hydrogens is 396 g/mol. The van der Waals surface area contributed by atoms with Gasteiger partial charge >= 0.3 is 0 Å². The number of aryl methyl sites for hydroxylation is 1. The number of hydrogen-bond donors (Lipinski definition) is 3. The number of hydrogen-bond acceptors (Lipinski definition) is 5. The summed E-state index contributed by atoms with van der Waals surface area (Å²) in [4.78, 5) is 30.1. The fraction of sp³-hybridized carbons (Fsp3) is 0.0870. The molecular formula is C23H22N4O2S. The summed E-state index contributed by atoms with van der Waals surface area (Å²) in [5.41, 5.74) is 8.76. The molecule has 2 aromatic carbocycles. The van der Waals surface area contributed by atoms with E-state index >= 15 is 0 Å². The summed E-state index contributed by atoms with van der Waals surface area (Å²) >= 11 is 1.32. The highest BCUT2D eigenvalue weighted by Gasteiger charge is 2.20. The molecule has 0 aliphatic rings. The van der Waals surface area contributed by atoms with Crippen LogP contribution in [0.1, 0.15) is 26.3 Å². The van der Waals surface area contributed by atoms with Gasteiger partial charge in [0, 0.05) is 17.1 Å². The Kier molecular flexibility index (Phi) is 6.87. The molecule has 1 aromatic heterocycles. The molecule has 0 fully saturated rings. The summed E-state index contributed by atoms with van der Waals surface area (Å²) in [5.74, 6) is -0.195. The third-order valence-corrected chi connectivity index (χ3v) is 5.14. The number of nitrogens with two attached hydrogens (primary N) is 1. The van der Waals surface area contributed by atoms with E-state index in [1.807, 2.05) is 43.3 Å². The van der Waals surface area contributed by atoms with E-state index in [2.05, 4.69) is 22.2 Å². The van der Waals surface area contributed by atoms with Gasteiger partial charge in [-0.15, -0.1) is 18.3 Å². The lowest BCUT2D eigenvalue weighted by Gasteiger charge is -2.13. The Hall–Kier alpha value is -3.58. The van der Waals surface area contributed by atoms with Gasteiger partial charge in [-0.05, 0) is 42.8 Å². The summed E-state index contributed by atoms with van der Waals surface area (Å²) in [7, 11) is 0. The van der Waals surface area contributed by atoms with Crippen molar-refractivity contribution in [3.8, 4) is 0 Å². The number of aromatic nitrogens is 1. The van der Waals surface area contributed by atoms with E-state index in [-0.39, 0.29) is 22.9 Å². The number of rotatable bonds is 7. The van der Waals surface area contributed by atoms with Crippen LogP contribution in [0.25, 0.3) is 0 Å². The number of nitrogens with one attached hydrogen (secondary N) is 2. The van der Waals surface area contributed by atoms with E-state index in [4.69, 9.17) is 5.73 Å². The van der Waals surface area contributed by atoms with Crippen molar-refractivity contribution in [3.63, 3.8) is 0 Å². The van der Waals surface area contributed by atoms with Crippen LogP contribution >= 0.6 is 11.8 Å². The summed E-state index contributed by atoms with van der Waals surface area (Å²) < 4.78 is 0. The van der Waals surface area contributed by atoms with Crippen molar-refractivity contribution in [2.45, 2.75) is 11.9 Å². The Morgan fingerprint density at radius 2 is 1.67 bits per heavy atom. The van der Waals surface area contributed by atoms with Crippen molar-refractivity contribution < 1.29 is 9.59 Å². The molecule has 152 valence electrons. The Labute approximate surface area is 179 Å². The molecule has 6 nitrogen and oxygen atoms in total. The largest absolute Gasteiger partial charge is 0.383 e. The number of carbonyl (C=O) groups is 2. The van der Waals surface area contributed by atoms with E-state index < -0.39 is 5.91 Å². The number of benzene rings is 2. The van der Waals surface area contributed by atoms with E-state index in [9.17, 15) is 9.59 Å². The molecule has 4 N–H and O–H groups in total. The molecule has 0 aliphatic carbocycles. The minimum atomic E-state index is -0.431. The average molecular weight is 419 g/mol. The molecule has 1 heterocycles. The molecule has 3 aromatic rings. The maximum absolute atomic E-state index is 12.9. The zero-order valence-corrected chi connectivity index (χ0v) is 17.3. The SMILES string of the molecule is C=CCSc1nc(N)c(C(=O)Nc2cccc(C)c2)cc1C(=O)Nc1ccccc1. The standard InChI is InChI=1S/C23H22N4O2S/c1-3-12-30-23-19(22(29)25-16-9-5-4-6-10-16)14-18(20(24)27-23)21(28)26-17-11-7-8-15(2)13-17/h3-11,13-14H,1,12H2,2H3,(H2,24,27)(H,25,29)(H,26,28). The Morgan fingerprint density at radius 3 is 2.37 bits per heavy atom. The second-order valence-corrected chi connectivity index (χ2v) is 7.53. The van der Waals surface area contributed by atoms with Crippen molar-refractivity contribution in [2.75, 3.05) is 22.1 Å². The lowest BCUT2D eigenvalue weighted by molar-refractivity contribution is 0.102. The monoisotopic (exact) mass is 418 g/mol. The molecule has 0 atom stereocenters. The fourth-order valence-corrected chi connectivity index (χ4v) is 3.49. The number of nitrogen functional groups attached to an aromatic ring is 1. The minimum absolute atomic E-state index is 0.0583. The highest BCUT2D eigenvalue weighted by Crippen LogP contribution is 2.26. The van der Waals surface area contributed by atoms with Crippen molar-refractivity contribution >= 4 is 40.8 Å². The first-order valence-corrected chi connectivity index (χ1v) is 10.2. The van der Waals surface area contributed by atoms with Crippen LogP contribution in [0.5, 0.6) is 0 Å². The van der Waals surface area contributed by atoms with Gasteiger partial charge in [0.1, 0.15) is 10.8 Å². The van der Waals surface area contributed by atoms with Crippen LogP contribution in [-0.4, -0.2) is 22.6 Å². The summed E-state index contributed by atoms with van der Waals surface area (Å²) in [6.07, 6.45) is 1.71. The van der Waals surface area contributed by atoms with Gasteiger partial charge in [-0.25, -0.2) is 4.98 Å². The first-order valence-electron chi connectivity index (χ1n) is 9.26. The van der Waals surface area contributed by atoms with Crippen molar-refractivity contribution in [1.29, 1.82) is 0 Å². The van der Waals surface area contributed by atoms with E-state index in [1.165, 1.54) is 17.8 Å². The number of amides is 2. The zero-order chi connectivity index (χ0) is 21.5. The average Bonchev–Trinajstić information content (AvgIpc) is 2.72. The lowest BCUT2D eigenvalue weighted by Crippen LogP contribution is -2.19. The summed E-state index contributed by atoms with van der Waals surface area (Å²) in [5, 5.41) is 6.07. The normalized spacial score (nSPS) is 10.3. The van der Waals surface area contributed by atoms with Crippen LogP contribution in [0, 0.1) is 6.92 Å². The van der Waals surface area contributed by atoms with Crippen molar-refractivity contribution in [2.24, 2.45) is 0 Å². The molecule has 0 saturated carbocycles. The molecule has 0 aliphatic heterocycles. The van der Waals surface area contributed by atoms with Gasteiger partial charge < -0.3 is 16.4 Å². The first kappa shape index (κ1) is 21.1. The van der Waals surface area contributed by atoms with Gasteiger partial charge in [0.05, 0.1) is 11.1 Å². The highest BCUT2D eigenvalue weighted by molar-refractivity contribution is 7.99. The molecule has 0 radical (unpaired) electrons. The van der Waals surface area contributed by atoms with Gasteiger partial charge in [0.25, 0.3) is 11.8 Å². The Morgan fingerprint density at radius 1 is 1.00 bits per heavy atom. The van der Waals surface area contributed by atoms with Crippen LogP contribution in [0.2, 0.25) is 0 Å². The molecule has 0 saturated heterocycles. The Balaban J connectivity index is 1.93. The number of nitrogens with zero attached hydrogens (tertiary/aromatic N) is 1. The second kappa shape index (κ2) is 9.76. The molecule has 0 bridgehead atoms. The molecule has 7 heteroatoms. The maximum Gasteiger partial charge on any atom is 0.259 e. The molecule has 2 amide bonds. The quantitative estimate of drug-likeness (QED) is 0.380. The van der Waals surface area contributed by atoms with Crippen LogP contribution in [0.15, 0.2) is 78.3 Å². The number of carbonyl (C=O) groups excluding carboxylic acids is 2. The lowest BCUT2D eigenvalue weighted by atomic mass is 10.1. The van der Waals surface area contributed by atoms with Gasteiger partial charge in [-0.3, -0.25) is 9.59 Å². The van der Waals surface area contributed by atoms with Crippen molar-refractivity contribution in [3.05, 3.63) is 90.0 Å². The van der Waals surface area contributed by atoms with Crippen LogP contribution in [0.4, 0.5) is 17.2 Å². The predicted octanol–water partition coefficient (Wildman–Crippen LogP) is 4.75. The predicted molar refractivity (Wildman–Crippen MR) is 123 cm³/mol. The number of para-hydroxylation sites is 1. The van der Waals surface area contributed by atoms with Gasteiger partial charge in [0.2, 0.25) is 0 Å². The summed E-state index contributed by atoms with van der Waals surface area (Å²) in [6, 6.07) is 18.0. The maximum atomic E-state index is 12.9. The number of anilines is 3. The topological polar surface area (TPSA) is 97.1 Å². The third-order valence-electron chi connectivity index (χ3n) is 4.15. The van der Waals surface area contributed by atoms with E-state index in [0.717, 1.165) is 5.56 Å². The molecule has 0 spiro atoms. The van der Waals surface area contributed by atoms with E-state index in [0.29, 0.717) is 22.2 Å². The van der Waals surface area contributed by atoms with Gasteiger partial charge in [-0.1, -0.05) is 36.4 Å².